The number of para-hydroxylation sites is 2. The highest BCUT2D eigenvalue weighted by molar-refractivity contribution is 6.31. The highest BCUT2D eigenvalue weighted by Gasteiger charge is 2.14. The quantitative estimate of drug-likeness (QED) is 0.352. The van der Waals surface area contributed by atoms with Crippen molar-refractivity contribution >= 4 is 29.4 Å². The van der Waals surface area contributed by atoms with Crippen molar-refractivity contribution in [2.24, 2.45) is 5.10 Å². The fourth-order valence-electron chi connectivity index (χ4n) is 2.40. The molecule has 0 bridgehead atoms. The van der Waals surface area contributed by atoms with Gasteiger partial charge in [-0.15, -0.1) is 0 Å². The van der Waals surface area contributed by atoms with E-state index in [1.54, 1.807) is 24.3 Å². The van der Waals surface area contributed by atoms with E-state index >= 15 is 0 Å². The van der Waals surface area contributed by atoms with Crippen LogP contribution >= 0.6 is 11.6 Å². The van der Waals surface area contributed by atoms with Crippen molar-refractivity contribution in [2.75, 3.05) is 6.61 Å². The lowest BCUT2D eigenvalue weighted by atomic mass is 10.1. The maximum atomic E-state index is 11.8. The molecule has 148 valence electrons. The molecule has 1 amide bonds. The number of carbonyl (C=O) groups excluding carboxylic acids is 1. The molecule has 1 heterocycles. The number of nitro groups is 1. The fourth-order valence-corrected chi connectivity index (χ4v) is 2.58. The number of aryl methyl sites for hydroxylation is 1. The van der Waals surface area contributed by atoms with Gasteiger partial charge in [-0.25, -0.2) is 5.43 Å². The standard InChI is InChI=1S/C20H16ClN3O5/c1-13-6-7-14(10-16(13)21)18-9-8-15(29-18)11-22-23-20(25)12-28-19-5-3-2-4-17(19)24(26)27/h2-11H,12H2,1H3,(H,23,25). The fraction of sp³-hybridized carbons (Fsp3) is 0.100. The topological polar surface area (TPSA) is 107 Å². The molecule has 0 aliphatic heterocycles. The average Bonchev–Trinajstić information content (AvgIpc) is 3.17. The summed E-state index contributed by atoms with van der Waals surface area (Å²) in [6.07, 6.45) is 1.34. The number of carbonyl (C=O) groups is 1. The second-order valence-electron chi connectivity index (χ2n) is 5.97. The highest BCUT2D eigenvalue weighted by Crippen LogP contribution is 2.27. The molecule has 0 aliphatic rings. The third kappa shape index (κ3) is 5.20. The number of nitro benzene ring substituents is 1. The molecule has 0 atom stereocenters. The van der Waals surface area contributed by atoms with Crippen molar-refractivity contribution in [3.05, 3.63) is 81.1 Å². The summed E-state index contributed by atoms with van der Waals surface area (Å²) in [7, 11) is 0. The Labute approximate surface area is 170 Å². The lowest BCUT2D eigenvalue weighted by molar-refractivity contribution is -0.385. The lowest BCUT2D eigenvalue weighted by Crippen LogP contribution is -2.24. The summed E-state index contributed by atoms with van der Waals surface area (Å²) < 4.78 is 10.8. The van der Waals surface area contributed by atoms with E-state index in [2.05, 4.69) is 10.5 Å². The van der Waals surface area contributed by atoms with E-state index < -0.39 is 17.4 Å². The van der Waals surface area contributed by atoms with Crippen LogP contribution in [0.3, 0.4) is 0 Å². The SMILES string of the molecule is Cc1ccc(-c2ccc(C=NNC(=O)COc3ccccc3[N+](=O)[O-])o2)cc1Cl. The van der Waals surface area contributed by atoms with Crippen molar-refractivity contribution in [1.82, 2.24) is 5.43 Å². The number of benzene rings is 2. The molecule has 8 nitrogen and oxygen atoms in total. The molecular weight excluding hydrogens is 398 g/mol. The molecule has 0 saturated heterocycles. The molecule has 0 spiro atoms. The summed E-state index contributed by atoms with van der Waals surface area (Å²) >= 11 is 6.13. The van der Waals surface area contributed by atoms with Crippen LogP contribution in [-0.4, -0.2) is 23.7 Å². The van der Waals surface area contributed by atoms with Gasteiger partial charge in [0.15, 0.2) is 12.4 Å². The second kappa shape index (κ2) is 9.03. The molecule has 0 radical (unpaired) electrons. The number of halogens is 1. The number of hydrazone groups is 1. The summed E-state index contributed by atoms with van der Waals surface area (Å²) in [5.74, 6) is 0.469. The van der Waals surface area contributed by atoms with Gasteiger partial charge in [-0.3, -0.25) is 14.9 Å². The third-order valence-corrected chi connectivity index (χ3v) is 4.29. The minimum Gasteiger partial charge on any atom is -0.477 e. The molecule has 3 aromatic rings. The molecule has 0 aliphatic carbocycles. The zero-order valence-corrected chi connectivity index (χ0v) is 16.1. The normalized spacial score (nSPS) is 10.8. The van der Waals surface area contributed by atoms with Gasteiger partial charge in [0.25, 0.3) is 5.91 Å². The molecule has 0 fully saturated rings. The van der Waals surface area contributed by atoms with Crippen molar-refractivity contribution in [1.29, 1.82) is 0 Å². The summed E-state index contributed by atoms with van der Waals surface area (Å²) in [6, 6.07) is 14.8. The highest BCUT2D eigenvalue weighted by atomic mass is 35.5. The Morgan fingerprint density at radius 2 is 2.07 bits per heavy atom. The number of ether oxygens (including phenoxy) is 1. The Hall–Kier alpha value is -3.65. The van der Waals surface area contributed by atoms with Gasteiger partial charge < -0.3 is 9.15 Å². The Balaban J connectivity index is 1.55. The molecule has 1 N–H and O–H groups in total. The first-order chi connectivity index (χ1) is 13.9. The minimum absolute atomic E-state index is 0.00376. The number of hydrogen-bond acceptors (Lipinski definition) is 6. The molecule has 1 aromatic heterocycles. The van der Waals surface area contributed by atoms with Crippen molar-refractivity contribution in [3.8, 4) is 17.1 Å². The van der Waals surface area contributed by atoms with Crippen LogP contribution in [0.5, 0.6) is 5.75 Å². The molecule has 29 heavy (non-hydrogen) atoms. The Bertz CT molecular complexity index is 1080. The maximum Gasteiger partial charge on any atom is 0.310 e. The van der Waals surface area contributed by atoms with Gasteiger partial charge in [0, 0.05) is 16.7 Å². The van der Waals surface area contributed by atoms with E-state index in [1.165, 1.54) is 24.4 Å². The van der Waals surface area contributed by atoms with Crippen LogP contribution in [0.1, 0.15) is 11.3 Å². The number of furan rings is 1. The predicted octanol–water partition coefficient (Wildman–Crippen LogP) is 4.35. The van der Waals surface area contributed by atoms with Gasteiger partial charge >= 0.3 is 5.69 Å². The van der Waals surface area contributed by atoms with E-state index in [1.807, 2.05) is 19.1 Å². The van der Waals surface area contributed by atoms with Crippen LogP contribution in [0, 0.1) is 17.0 Å². The van der Waals surface area contributed by atoms with Crippen LogP contribution in [-0.2, 0) is 4.79 Å². The summed E-state index contributed by atoms with van der Waals surface area (Å²) in [6.45, 7) is 1.49. The predicted molar refractivity (Wildman–Crippen MR) is 108 cm³/mol. The van der Waals surface area contributed by atoms with E-state index in [9.17, 15) is 14.9 Å². The Morgan fingerprint density at radius 1 is 1.28 bits per heavy atom. The molecular formula is C20H16ClN3O5. The first-order valence-electron chi connectivity index (χ1n) is 8.48. The van der Waals surface area contributed by atoms with Crippen molar-refractivity contribution < 1.29 is 18.9 Å². The average molecular weight is 414 g/mol. The Kier molecular flexibility index (Phi) is 6.25. The van der Waals surface area contributed by atoms with Crippen LogP contribution in [0.25, 0.3) is 11.3 Å². The Morgan fingerprint density at radius 3 is 2.83 bits per heavy atom. The molecule has 3 rings (SSSR count). The summed E-state index contributed by atoms with van der Waals surface area (Å²) in [5, 5.41) is 15.3. The monoisotopic (exact) mass is 413 g/mol. The van der Waals surface area contributed by atoms with Crippen LogP contribution in [0.4, 0.5) is 5.69 Å². The largest absolute Gasteiger partial charge is 0.477 e. The first-order valence-corrected chi connectivity index (χ1v) is 8.86. The number of nitrogens with zero attached hydrogens (tertiary/aromatic N) is 2. The number of rotatable bonds is 7. The molecule has 0 unspecified atom stereocenters. The number of hydrogen-bond donors (Lipinski definition) is 1. The molecule has 0 saturated carbocycles. The van der Waals surface area contributed by atoms with Gasteiger partial charge in [-0.05, 0) is 36.8 Å². The molecule has 9 heteroatoms. The van der Waals surface area contributed by atoms with Gasteiger partial charge in [-0.1, -0.05) is 35.9 Å². The number of nitrogens with one attached hydrogen (secondary N) is 1. The smallest absolute Gasteiger partial charge is 0.310 e. The van der Waals surface area contributed by atoms with Crippen LogP contribution < -0.4 is 10.2 Å². The van der Waals surface area contributed by atoms with E-state index in [4.69, 9.17) is 20.8 Å². The first kappa shape index (κ1) is 20.1. The second-order valence-corrected chi connectivity index (χ2v) is 6.38. The van der Waals surface area contributed by atoms with E-state index in [-0.39, 0.29) is 11.4 Å². The van der Waals surface area contributed by atoms with Crippen molar-refractivity contribution in [3.63, 3.8) is 0 Å². The number of amides is 1. The van der Waals surface area contributed by atoms with Gasteiger partial charge in [0.2, 0.25) is 0 Å². The summed E-state index contributed by atoms with van der Waals surface area (Å²) in [5.41, 5.74) is 3.84. The molecule has 2 aromatic carbocycles. The van der Waals surface area contributed by atoms with Gasteiger partial charge in [-0.2, -0.15) is 5.10 Å². The lowest BCUT2D eigenvalue weighted by Gasteiger charge is -2.05. The van der Waals surface area contributed by atoms with E-state index in [0.29, 0.717) is 16.5 Å². The third-order valence-electron chi connectivity index (χ3n) is 3.88. The van der Waals surface area contributed by atoms with Crippen LogP contribution in [0.2, 0.25) is 5.02 Å². The van der Waals surface area contributed by atoms with E-state index in [0.717, 1.165) is 11.1 Å². The van der Waals surface area contributed by atoms with Gasteiger partial charge in [0.1, 0.15) is 11.5 Å². The summed E-state index contributed by atoms with van der Waals surface area (Å²) in [4.78, 5) is 22.2. The maximum absolute atomic E-state index is 11.8. The van der Waals surface area contributed by atoms with Crippen LogP contribution in [0.15, 0.2) is 64.1 Å². The zero-order chi connectivity index (χ0) is 20.8. The van der Waals surface area contributed by atoms with Crippen molar-refractivity contribution in [2.45, 2.75) is 6.92 Å². The minimum atomic E-state index is -0.582. The van der Waals surface area contributed by atoms with Gasteiger partial charge in [0.05, 0.1) is 11.1 Å². The zero-order valence-electron chi connectivity index (χ0n) is 15.3.